The van der Waals surface area contributed by atoms with Crippen LogP contribution in [0.2, 0.25) is 0 Å². The highest BCUT2D eigenvalue weighted by Crippen LogP contribution is 2.23. The molecule has 0 amide bonds. The first-order valence-corrected chi connectivity index (χ1v) is 10.1. The number of nitrogens with zero attached hydrogens (tertiary/aromatic N) is 2. The molecule has 1 aliphatic heterocycles. The van der Waals surface area contributed by atoms with Gasteiger partial charge in [0.1, 0.15) is 12.4 Å². The summed E-state index contributed by atoms with van der Waals surface area (Å²) in [5.74, 6) is 0.934. The number of hydrogen-bond donors (Lipinski definition) is 1. The van der Waals surface area contributed by atoms with Gasteiger partial charge >= 0.3 is 0 Å². The summed E-state index contributed by atoms with van der Waals surface area (Å²) in [7, 11) is 0. The summed E-state index contributed by atoms with van der Waals surface area (Å²) in [6.07, 6.45) is 2.58. The third-order valence-electron chi connectivity index (χ3n) is 5.38. The van der Waals surface area contributed by atoms with Crippen LogP contribution >= 0.6 is 0 Å². The topological polar surface area (TPSA) is 35.9 Å². The molecule has 0 unspecified atom stereocenters. The fourth-order valence-corrected chi connectivity index (χ4v) is 3.82. The predicted octanol–water partition coefficient (Wildman–Crippen LogP) is 3.63. The van der Waals surface area contributed by atoms with Gasteiger partial charge in [-0.1, -0.05) is 60.7 Å². The van der Waals surface area contributed by atoms with E-state index in [1.54, 1.807) is 6.08 Å². The van der Waals surface area contributed by atoms with Crippen molar-refractivity contribution < 1.29 is 9.84 Å². The lowest BCUT2D eigenvalue weighted by molar-refractivity contribution is 0.0496. The molecule has 0 saturated carbocycles. The maximum Gasteiger partial charge on any atom is 0.124 e. The highest BCUT2D eigenvalue weighted by atomic mass is 16.5. The Morgan fingerprint density at radius 3 is 2.64 bits per heavy atom. The lowest BCUT2D eigenvalue weighted by atomic mass is 10.1. The van der Waals surface area contributed by atoms with Gasteiger partial charge in [0.25, 0.3) is 0 Å². The first-order valence-electron chi connectivity index (χ1n) is 10.1. The van der Waals surface area contributed by atoms with Gasteiger partial charge in [0.2, 0.25) is 0 Å². The van der Waals surface area contributed by atoms with Gasteiger partial charge in [-0.15, -0.1) is 0 Å². The van der Waals surface area contributed by atoms with Gasteiger partial charge in [0.15, 0.2) is 0 Å². The third kappa shape index (κ3) is 5.68. The maximum atomic E-state index is 9.58. The van der Waals surface area contributed by atoms with Crippen LogP contribution in [-0.2, 0) is 13.1 Å². The van der Waals surface area contributed by atoms with Gasteiger partial charge in [-0.25, -0.2) is 0 Å². The normalized spacial score (nSPS) is 18.1. The molecular weight excluding hydrogens is 348 g/mol. The van der Waals surface area contributed by atoms with Crippen molar-refractivity contribution in [3.63, 3.8) is 0 Å². The minimum absolute atomic E-state index is 0.224. The summed E-state index contributed by atoms with van der Waals surface area (Å²) in [4.78, 5) is 4.99. The van der Waals surface area contributed by atoms with E-state index < -0.39 is 0 Å². The van der Waals surface area contributed by atoms with E-state index in [4.69, 9.17) is 4.74 Å². The Balaban J connectivity index is 1.63. The number of benzene rings is 2. The van der Waals surface area contributed by atoms with Crippen LogP contribution in [0.3, 0.4) is 0 Å². The van der Waals surface area contributed by atoms with Gasteiger partial charge in [0, 0.05) is 50.9 Å². The molecule has 1 fully saturated rings. The molecule has 4 nitrogen and oxygen atoms in total. The van der Waals surface area contributed by atoms with Crippen LogP contribution in [0, 0.1) is 6.92 Å². The summed E-state index contributed by atoms with van der Waals surface area (Å²) in [6.45, 7) is 11.4. The second-order valence-electron chi connectivity index (χ2n) is 7.56. The minimum atomic E-state index is 0.224. The molecule has 0 aromatic heterocycles. The van der Waals surface area contributed by atoms with Crippen molar-refractivity contribution in [1.82, 2.24) is 9.80 Å². The molecule has 2 aromatic rings. The highest BCUT2D eigenvalue weighted by molar-refractivity contribution is 5.33. The lowest BCUT2D eigenvalue weighted by Gasteiger charge is -2.41. The maximum absolute atomic E-state index is 9.58. The molecule has 1 N–H and O–H groups in total. The molecule has 2 aromatic carbocycles. The summed E-state index contributed by atoms with van der Waals surface area (Å²) in [6, 6.07) is 17.4. The van der Waals surface area contributed by atoms with Crippen molar-refractivity contribution in [2.45, 2.75) is 32.5 Å². The molecule has 3 rings (SSSR count). The molecule has 1 atom stereocenters. The molecule has 150 valence electrons. The molecule has 0 bridgehead atoms. The average Bonchev–Trinajstić information content (AvgIpc) is 2.71. The Morgan fingerprint density at radius 1 is 1.11 bits per heavy atom. The van der Waals surface area contributed by atoms with Gasteiger partial charge in [-0.3, -0.25) is 9.80 Å². The molecule has 0 spiro atoms. The fourth-order valence-electron chi connectivity index (χ4n) is 3.82. The summed E-state index contributed by atoms with van der Waals surface area (Å²) in [5, 5.41) is 9.58. The number of rotatable bonds is 9. The van der Waals surface area contributed by atoms with E-state index in [1.807, 2.05) is 12.1 Å². The van der Waals surface area contributed by atoms with Crippen molar-refractivity contribution in [3.8, 4) is 5.75 Å². The first-order chi connectivity index (χ1) is 13.7. The van der Waals surface area contributed by atoms with Crippen LogP contribution in [-0.4, -0.2) is 53.8 Å². The largest absolute Gasteiger partial charge is 0.489 e. The molecule has 0 aliphatic carbocycles. The van der Waals surface area contributed by atoms with Gasteiger partial charge in [-0.05, 0) is 25.0 Å². The predicted molar refractivity (Wildman–Crippen MR) is 114 cm³/mol. The zero-order chi connectivity index (χ0) is 19.8. The number of para-hydroxylation sites is 1. The van der Waals surface area contributed by atoms with Crippen LogP contribution in [0.4, 0.5) is 0 Å². The van der Waals surface area contributed by atoms with E-state index in [-0.39, 0.29) is 6.61 Å². The molecule has 28 heavy (non-hydrogen) atoms. The standard InChI is InChI=1S/C24H32N2O2/c1-3-16-28-24-7-5-4-6-22(24)18-25-13-14-26(23(19-25)12-15-27)17-21-10-8-20(2)9-11-21/h3-11,23,27H,1,12-19H2,2H3/t23-/m1/s1. The van der Waals surface area contributed by atoms with E-state index in [9.17, 15) is 5.11 Å². The van der Waals surface area contributed by atoms with Crippen molar-refractivity contribution in [3.05, 3.63) is 77.9 Å². The Bertz CT molecular complexity index is 745. The molecule has 4 heteroatoms. The van der Waals surface area contributed by atoms with Crippen LogP contribution in [0.1, 0.15) is 23.1 Å². The smallest absolute Gasteiger partial charge is 0.124 e. The van der Waals surface area contributed by atoms with E-state index in [0.29, 0.717) is 12.6 Å². The van der Waals surface area contributed by atoms with Gasteiger partial charge in [0.05, 0.1) is 0 Å². The summed E-state index contributed by atoms with van der Waals surface area (Å²) >= 11 is 0. The van der Waals surface area contributed by atoms with Gasteiger partial charge in [-0.2, -0.15) is 0 Å². The third-order valence-corrected chi connectivity index (χ3v) is 5.38. The van der Waals surface area contributed by atoms with Crippen molar-refractivity contribution in [2.24, 2.45) is 0 Å². The SMILES string of the molecule is C=CCOc1ccccc1CN1CCN(Cc2ccc(C)cc2)[C@H](CCO)C1. The number of hydrogen-bond acceptors (Lipinski definition) is 4. The van der Waals surface area contributed by atoms with E-state index >= 15 is 0 Å². The summed E-state index contributed by atoms with van der Waals surface area (Å²) in [5.41, 5.74) is 3.84. The van der Waals surface area contributed by atoms with E-state index in [2.05, 4.69) is 59.7 Å². The van der Waals surface area contributed by atoms with Crippen LogP contribution < -0.4 is 4.74 Å². The zero-order valence-corrected chi connectivity index (χ0v) is 16.9. The van der Waals surface area contributed by atoms with Crippen LogP contribution in [0.15, 0.2) is 61.2 Å². The molecule has 1 saturated heterocycles. The Morgan fingerprint density at radius 2 is 1.89 bits per heavy atom. The molecule has 1 aliphatic rings. The van der Waals surface area contributed by atoms with E-state index in [0.717, 1.165) is 44.9 Å². The number of aryl methyl sites for hydroxylation is 1. The monoisotopic (exact) mass is 380 g/mol. The number of piperazine rings is 1. The molecular formula is C24H32N2O2. The highest BCUT2D eigenvalue weighted by Gasteiger charge is 2.27. The van der Waals surface area contributed by atoms with Gasteiger partial charge < -0.3 is 9.84 Å². The zero-order valence-electron chi connectivity index (χ0n) is 16.9. The van der Waals surface area contributed by atoms with Crippen molar-refractivity contribution in [1.29, 1.82) is 0 Å². The van der Waals surface area contributed by atoms with E-state index in [1.165, 1.54) is 16.7 Å². The second-order valence-corrected chi connectivity index (χ2v) is 7.56. The van der Waals surface area contributed by atoms with Crippen molar-refractivity contribution in [2.75, 3.05) is 32.8 Å². The average molecular weight is 381 g/mol. The van der Waals surface area contributed by atoms with Crippen molar-refractivity contribution >= 4 is 0 Å². The summed E-state index contributed by atoms with van der Waals surface area (Å²) < 4.78 is 5.82. The molecule has 1 heterocycles. The van der Waals surface area contributed by atoms with Crippen LogP contribution in [0.5, 0.6) is 5.75 Å². The lowest BCUT2D eigenvalue weighted by Crippen LogP contribution is -2.52. The number of aliphatic hydroxyl groups is 1. The Hall–Kier alpha value is -2.14. The fraction of sp³-hybridized carbons (Fsp3) is 0.417. The number of aliphatic hydroxyl groups excluding tert-OH is 1. The minimum Gasteiger partial charge on any atom is -0.489 e. The first kappa shape index (κ1) is 20.6. The Kier molecular flexibility index (Phi) is 7.66. The number of ether oxygens (including phenoxy) is 1. The van der Waals surface area contributed by atoms with Crippen LogP contribution in [0.25, 0.3) is 0 Å². The second kappa shape index (κ2) is 10.4. The molecule has 0 radical (unpaired) electrons. The Labute approximate surface area is 169 Å². The quantitative estimate of drug-likeness (QED) is 0.674.